The number of benzene rings is 1. The minimum atomic E-state index is 0.103. The van der Waals surface area contributed by atoms with Crippen molar-refractivity contribution in [3.63, 3.8) is 0 Å². The Kier molecular flexibility index (Phi) is 4.29. The lowest BCUT2D eigenvalue weighted by Gasteiger charge is -2.16. The highest BCUT2D eigenvalue weighted by Gasteiger charge is 2.23. The van der Waals surface area contributed by atoms with Crippen molar-refractivity contribution in [3.8, 4) is 11.5 Å². The molecule has 94 valence electrons. The van der Waals surface area contributed by atoms with E-state index in [0.29, 0.717) is 12.3 Å². The largest absolute Gasteiger partial charge is 0.493 e. The van der Waals surface area contributed by atoms with Crippen LogP contribution in [0.15, 0.2) is 16.6 Å². The van der Waals surface area contributed by atoms with Crippen molar-refractivity contribution in [2.75, 3.05) is 20.3 Å². The lowest BCUT2D eigenvalue weighted by molar-refractivity contribution is 0.268. The van der Waals surface area contributed by atoms with Crippen molar-refractivity contribution in [1.82, 2.24) is 0 Å². The van der Waals surface area contributed by atoms with Gasteiger partial charge in [-0.05, 0) is 30.9 Å². The molecular formula is C13H17BrO3. The van der Waals surface area contributed by atoms with E-state index in [1.54, 1.807) is 7.11 Å². The number of hydrogen-bond acceptors (Lipinski definition) is 3. The van der Waals surface area contributed by atoms with Crippen molar-refractivity contribution in [2.24, 2.45) is 5.92 Å². The summed E-state index contributed by atoms with van der Waals surface area (Å²) in [5.41, 5.74) is 0.979. The molecule has 0 aliphatic heterocycles. The van der Waals surface area contributed by atoms with E-state index in [0.717, 1.165) is 28.1 Å². The molecule has 0 atom stereocenters. The molecule has 0 saturated heterocycles. The summed E-state index contributed by atoms with van der Waals surface area (Å²) < 4.78 is 12.1. The van der Waals surface area contributed by atoms with Gasteiger partial charge in [0.2, 0.25) is 0 Å². The van der Waals surface area contributed by atoms with Crippen molar-refractivity contribution < 1.29 is 14.6 Å². The maximum absolute atomic E-state index is 9.10. The fourth-order valence-corrected chi connectivity index (χ4v) is 2.24. The molecule has 0 bridgehead atoms. The molecule has 0 radical (unpaired) electrons. The summed E-state index contributed by atoms with van der Waals surface area (Å²) in [5, 5.41) is 9.10. The first kappa shape index (κ1) is 12.7. The van der Waals surface area contributed by atoms with Gasteiger partial charge in [-0.15, -0.1) is 0 Å². The van der Waals surface area contributed by atoms with Crippen LogP contribution < -0.4 is 9.47 Å². The highest BCUT2D eigenvalue weighted by molar-refractivity contribution is 9.10. The molecule has 1 aliphatic carbocycles. The fraction of sp³-hybridized carbons (Fsp3) is 0.538. The van der Waals surface area contributed by atoms with Gasteiger partial charge in [-0.1, -0.05) is 15.9 Å². The first-order valence-corrected chi connectivity index (χ1v) is 6.64. The minimum Gasteiger partial charge on any atom is -0.493 e. The van der Waals surface area contributed by atoms with Gasteiger partial charge in [0, 0.05) is 23.1 Å². The van der Waals surface area contributed by atoms with Gasteiger partial charge in [-0.3, -0.25) is 0 Å². The van der Waals surface area contributed by atoms with Crippen LogP contribution in [0.5, 0.6) is 11.5 Å². The summed E-state index contributed by atoms with van der Waals surface area (Å²) in [6.07, 6.45) is 3.08. The van der Waals surface area contributed by atoms with Crippen LogP contribution in [0.25, 0.3) is 0 Å². The smallest absolute Gasteiger partial charge is 0.165 e. The molecule has 4 heteroatoms. The predicted octanol–water partition coefficient (Wildman–Crippen LogP) is 2.78. The maximum atomic E-state index is 9.10. The molecule has 1 aromatic rings. The molecule has 1 saturated carbocycles. The Bertz CT molecular complexity index is 388. The van der Waals surface area contributed by atoms with Gasteiger partial charge < -0.3 is 14.6 Å². The Hall–Kier alpha value is -0.740. The van der Waals surface area contributed by atoms with Crippen molar-refractivity contribution in [3.05, 3.63) is 22.2 Å². The van der Waals surface area contributed by atoms with E-state index < -0.39 is 0 Å². The van der Waals surface area contributed by atoms with E-state index in [1.165, 1.54) is 12.8 Å². The van der Waals surface area contributed by atoms with Gasteiger partial charge in [0.15, 0.2) is 11.5 Å². The predicted molar refractivity (Wildman–Crippen MR) is 69.7 cm³/mol. The van der Waals surface area contributed by atoms with Crippen molar-refractivity contribution in [2.45, 2.75) is 19.3 Å². The second-order valence-corrected chi connectivity index (χ2v) is 5.14. The van der Waals surface area contributed by atoms with Crippen LogP contribution in [0.4, 0.5) is 0 Å². The Balaban J connectivity index is 2.24. The summed E-state index contributed by atoms with van der Waals surface area (Å²) in [4.78, 5) is 0. The molecule has 0 heterocycles. The highest BCUT2D eigenvalue weighted by atomic mass is 79.9. The lowest BCUT2D eigenvalue weighted by Crippen LogP contribution is -2.05. The normalized spacial score (nSPS) is 14.8. The number of halogens is 1. The average molecular weight is 301 g/mol. The highest BCUT2D eigenvalue weighted by Crippen LogP contribution is 2.38. The van der Waals surface area contributed by atoms with Crippen LogP contribution in [0.2, 0.25) is 0 Å². The number of aliphatic hydroxyl groups is 1. The van der Waals surface area contributed by atoms with Crippen LogP contribution in [0.3, 0.4) is 0 Å². The Labute approximate surface area is 110 Å². The molecule has 0 aromatic heterocycles. The zero-order valence-corrected chi connectivity index (χ0v) is 11.5. The SMILES string of the molecule is COc1ccc(Br)c(CCO)c1OCC1CC1. The number of ether oxygens (including phenoxy) is 2. The van der Waals surface area contributed by atoms with Gasteiger partial charge in [0.25, 0.3) is 0 Å². The zero-order valence-electron chi connectivity index (χ0n) is 9.91. The van der Waals surface area contributed by atoms with E-state index >= 15 is 0 Å². The molecule has 1 fully saturated rings. The van der Waals surface area contributed by atoms with E-state index in [2.05, 4.69) is 15.9 Å². The Morgan fingerprint density at radius 2 is 2.18 bits per heavy atom. The quantitative estimate of drug-likeness (QED) is 0.878. The molecule has 2 rings (SSSR count). The second-order valence-electron chi connectivity index (χ2n) is 4.29. The zero-order chi connectivity index (χ0) is 12.3. The monoisotopic (exact) mass is 300 g/mol. The fourth-order valence-electron chi connectivity index (χ4n) is 1.73. The minimum absolute atomic E-state index is 0.103. The molecule has 3 nitrogen and oxygen atoms in total. The molecule has 0 amide bonds. The molecule has 1 aliphatic rings. The molecule has 0 spiro atoms. The lowest BCUT2D eigenvalue weighted by atomic mass is 10.1. The van der Waals surface area contributed by atoms with E-state index in [1.807, 2.05) is 12.1 Å². The van der Waals surface area contributed by atoms with Crippen LogP contribution in [0, 0.1) is 5.92 Å². The first-order valence-electron chi connectivity index (χ1n) is 5.85. The third-order valence-corrected chi connectivity index (χ3v) is 3.65. The number of aliphatic hydroxyl groups excluding tert-OH is 1. The number of hydrogen-bond donors (Lipinski definition) is 1. The number of methoxy groups -OCH3 is 1. The van der Waals surface area contributed by atoms with Gasteiger partial charge in [0.1, 0.15) is 0 Å². The molecular weight excluding hydrogens is 284 g/mol. The average Bonchev–Trinajstić information content (AvgIpc) is 3.14. The summed E-state index contributed by atoms with van der Waals surface area (Å²) in [7, 11) is 1.63. The summed E-state index contributed by atoms with van der Waals surface area (Å²) in [5.74, 6) is 2.20. The van der Waals surface area contributed by atoms with Gasteiger partial charge in [-0.25, -0.2) is 0 Å². The second kappa shape index (κ2) is 5.74. The van der Waals surface area contributed by atoms with Crippen LogP contribution >= 0.6 is 15.9 Å². The first-order chi connectivity index (χ1) is 8.26. The van der Waals surface area contributed by atoms with Crippen LogP contribution in [0.1, 0.15) is 18.4 Å². The van der Waals surface area contributed by atoms with Gasteiger partial charge in [-0.2, -0.15) is 0 Å². The van der Waals surface area contributed by atoms with Gasteiger partial charge in [0.05, 0.1) is 13.7 Å². The number of rotatable bonds is 6. The topological polar surface area (TPSA) is 38.7 Å². The Morgan fingerprint density at radius 1 is 1.41 bits per heavy atom. The summed E-state index contributed by atoms with van der Waals surface area (Å²) in [6.45, 7) is 0.844. The molecule has 0 unspecified atom stereocenters. The Morgan fingerprint density at radius 3 is 2.76 bits per heavy atom. The van der Waals surface area contributed by atoms with E-state index in [4.69, 9.17) is 14.6 Å². The van der Waals surface area contributed by atoms with E-state index in [9.17, 15) is 0 Å². The van der Waals surface area contributed by atoms with Crippen molar-refractivity contribution >= 4 is 15.9 Å². The van der Waals surface area contributed by atoms with Crippen LogP contribution in [-0.4, -0.2) is 25.4 Å². The standard InChI is InChI=1S/C13H17BrO3/c1-16-12-5-4-11(14)10(6-7-15)13(12)17-8-9-2-3-9/h4-5,9,15H,2-3,6-8H2,1H3. The third kappa shape index (κ3) is 3.13. The summed E-state index contributed by atoms with van der Waals surface area (Å²) in [6, 6.07) is 3.81. The third-order valence-electron chi connectivity index (χ3n) is 2.91. The van der Waals surface area contributed by atoms with Crippen LogP contribution in [-0.2, 0) is 6.42 Å². The van der Waals surface area contributed by atoms with E-state index in [-0.39, 0.29) is 6.61 Å². The maximum Gasteiger partial charge on any atom is 0.165 e. The summed E-state index contributed by atoms with van der Waals surface area (Å²) >= 11 is 3.49. The van der Waals surface area contributed by atoms with Gasteiger partial charge >= 0.3 is 0 Å². The molecule has 1 N–H and O–H groups in total. The molecule has 1 aromatic carbocycles. The van der Waals surface area contributed by atoms with Crippen molar-refractivity contribution in [1.29, 1.82) is 0 Å². The molecule has 17 heavy (non-hydrogen) atoms.